The van der Waals surface area contributed by atoms with E-state index in [2.05, 4.69) is 24.1 Å². The van der Waals surface area contributed by atoms with Crippen molar-refractivity contribution in [2.45, 2.75) is 38.4 Å². The van der Waals surface area contributed by atoms with Gasteiger partial charge in [-0.1, -0.05) is 0 Å². The number of morpholine rings is 1. The summed E-state index contributed by atoms with van der Waals surface area (Å²) in [6.45, 7) is 9.73. The molecule has 0 aliphatic carbocycles. The van der Waals surface area contributed by atoms with E-state index in [1.54, 1.807) is 0 Å². The Morgan fingerprint density at radius 3 is 2.80 bits per heavy atom. The number of ether oxygens (including phenoxy) is 2. The van der Waals surface area contributed by atoms with Gasteiger partial charge in [-0.2, -0.15) is 0 Å². The quantitative estimate of drug-likeness (QED) is 0.770. The number of aliphatic hydroxyl groups is 1. The normalized spacial score (nSPS) is 35.1. The molecule has 118 valence electrons. The van der Waals surface area contributed by atoms with Gasteiger partial charge in [-0.15, -0.1) is 0 Å². The number of aliphatic hydroxyl groups excluding tert-OH is 1. The van der Waals surface area contributed by atoms with Gasteiger partial charge in [0.15, 0.2) is 0 Å². The first-order chi connectivity index (χ1) is 9.49. The van der Waals surface area contributed by atoms with Crippen LogP contribution in [0.5, 0.6) is 0 Å². The van der Waals surface area contributed by atoms with Crippen molar-refractivity contribution in [1.82, 2.24) is 10.2 Å². The molecule has 2 aliphatic rings. The molecule has 2 saturated heterocycles. The predicted molar refractivity (Wildman–Crippen MR) is 78.9 cm³/mol. The topological polar surface area (TPSA) is 54.0 Å². The van der Waals surface area contributed by atoms with E-state index in [-0.39, 0.29) is 23.7 Å². The van der Waals surface area contributed by atoms with Crippen LogP contribution in [0, 0.1) is 5.41 Å². The Morgan fingerprint density at radius 1 is 1.40 bits per heavy atom. The van der Waals surface area contributed by atoms with Crippen LogP contribution >= 0.6 is 0 Å². The SMILES string of the molecule is CNCC1(CN2CC(CO)OC(C)(C)C2)CCCOC1. The number of nitrogens with one attached hydrogen (secondary N) is 1. The van der Waals surface area contributed by atoms with E-state index in [0.29, 0.717) is 0 Å². The molecule has 5 nitrogen and oxygen atoms in total. The van der Waals surface area contributed by atoms with Crippen LogP contribution in [0.2, 0.25) is 0 Å². The first-order valence-corrected chi connectivity index (χ1v) is 7.72. The minimum absolute atomic E-state index is 0.0742. The Kier molecular flexibility index (Phi) is 5.42. The molecule has 2 aliphatic heterocycles. The van der Waals surface area contributed by atoms with Gasteiger partial charge in [-0.25, -0.2) is 0 Å². The van der Waals surface area contributed by atoms with Crippen LogP contribution in [0.25, 0.3) is 0 Å². The smallest absolute Gasteiger partial charge is 0.0940 e. The first kappa shape index (κ1) is 16.2. The molecule has 2 unspecified atom stereocenters. The van der Waals surface area contributed by atoms with Gasteiger partial charge in [0.2, 0.25) is 0 Å². The van der Waals surface area contributed by atoms with Crippen molar-refractivity contribution in [3.05, 3.63) is 0 Å². The fourth-order valence-electron chi connectivity index (χ4n) is 3.71. The second-order valence-corrected chi connectivity index (χ2v) is 7.04. The number of hydrogen-bond acceptors (Lipinski definition) is 5. The van der Waals surface area contributed by atoms with Crippen LogP contribution in [-0.4, -0.2) is 74.8 Å². The molecule has 2 rings (SSSR count). The number of nitrogens with zero attached hydrogens (tertiary/aromatic N) is 1. The van der Waals surface area contributed by atoms with Crippen molar-refractivity contribution in [3.8, 4) is 0 Å². The highest BCUT2D eigenvalue weighted by Crippen LogP contribution is 2.31. The summed E-state index contributed by atoms with van der Waals surface area (Å²) in [6, 6.07) is 0. The second-order valence-electron chi connectivity index (χ2n) is 7.04. The van der Waals surface area contributed by atoms with E-state index in [0.717, 1.165) is 45.8 Å². The average molecular weight is 286 g/mol. The molecule has 0 aromatic rings. The van der Waals surface area contributed by atoms with Crippen LogP contribution in [0.3, 0.4) is 0 Å². The molecule has 0 spiro atoms. The molecule has 0 radical (unpaired) electrons. The molecule has 2 atom stereocenters. The first-order valence-electron chi connectivity index (χ1n) is 7.72. The minimum atomic E-state index is -0.192. The summed E-state index contributed by atoms with van der Waals surface area (Å²) < 4.78 is 11.6. The molecule has 0 aromatic heterocycles. The number of rotatable bonds is 5. The zero-order valence-corrected chi connectivity index (χ0v) is 13.2. The fraction of sp³-hybridized carbons (Fsp3) is 1.00. The highest BCUT2D eigenvalue weighted by Gasteiger charge is 2.39. The molecule has 2 fully saturated rings. The Labute approximate surface area is 122 Å². The monoisotopic (exact) mass is 286 g/mol. The standard InChI is InChI=1S/C15H30N2O3/c1-14(2)10-17(7-13(8-18)20-14)11-15(9-16-3)5-4-6-19-12-15/h13,16,18H,4-12H2,1-3H3. The third kappa shape index (κ3) is 4.15. The van der Waals surface area contributed by atoms with Gasteiger partial charge in [-0.05, 0) is 33.7 Å². The van der Waals surface area contributed by atoms with Crippen molar-refractivity contribution in [2.24, 2.45) is 5.41 Å². The van der Waals surface area contributed by atoms with Crippen LogP contribution in [0.4, 0.5) is 0 Å². The lowest BCUT2D eigenvalue weighted by atomic mass is 9.81. The maximum atomic E-state index is 9.43. The summed E-state index contributed by atoms with van der Waals surface area (Å²) in [6.07, 6.45) is 2.27. The summed E-state index contributed by atoms with van der Waals surface area (Å²) in [5, 5.41) is 12.8. The van der Waals surface area contributed by atoms with E-state index in [9.17, 15) is 5.11 Å². The number of hydrogen-bond donors (Lipinski definition) is 2. The lowest BCUT2D eigenvalue weighted by molar-refractivity contribution is -0.158. The largest absolute Gasteiger partial charge is 0.394 e. The minimum Gasteiger partial charge on any atom is -0.394 e. The summed E-state index contributed by atoms with van der Waals surface area (Å²) in [7, 11) is 2.01. The van der Waals surface area contributed by atoms with Crippen molar-refractivity contribution < 1.29 is 14.6 Å². The Balaban J connectivity index is 2.01. The Hall–Kier alpha value is -0.200. The summed E-state index contributed by atoms with van der Waals surface area (Å²) >= 11 is 0. The molecule has 20 heavy (non-hydrogen) atoms. The van der Waals surface area contributed by atoms with Crippen molar-refractivity contribution in [3.63, 3.8) is 0 Å². The van der Waals surface area contributed by atoms with Crippen LogP contribution < -0.4 is 5.32 Å². The van der Waals surface area contributed by atoms with Gasteiger partial charge in [0.25, 0.3) is 0 Å². The highest BCUT2D eigenvalue weighted by molar-refractivity contribution is 4.91. The molecule has 0 amide bonds. The van der Waals surface area contributed by atoms with Crippen LogP contribution in [0.15, 0.2) is 0 Å². The van der Waals surface area contributed by atoms with E-state index < -0.39 is 0 Å². The van der Waals surface area contributed by atoms with E-state index in [4.69, 9.17) is 9.47 Å². The van der Waals surface area contributed by atoms with Crippen molar-refractivity contribution in [2.75, 3.05) is 53.0 Å². The maximum Gasteiger partial charge on any atom is 0.0940 e. The third-order valence-corrected chi connectivity index (χ3v) is 4.27. The summed E-state index contributed by atoms with van der Waals surface area (Å²) in [4.78, 5) is 2.44. The maximum absolute atomic E-state index is 9.43. The predicted octanol–water partition coefficient (Wildman–Crippen LogP) is 0.474. The molecule has 2 heterocycles. The molecule has 0 saturated carbocycles. The van der Waals surface area contributed by atoms with E-state index >= 15 is 0 Å². The zero-order valence-electron chi connectivity index (χ0n) is 13.2. The van der Waals surface area contributed by atoms with Crippen molar-refractivity contribution in [1.29, 1.82) is 0 Å². The highest BCUT2D eigenvalue weighted by atomic mass is 16.5. The van der Waals surface area contributed by atoms with Gasteiger partial charge in [-0.3, -0.25) is 4.90 Å². The molecule has 0 aromatic carbocycles. The van der Waals surface area contributed by atoms with Gasteiger partial charge >= 0.3 is 0 Å². The van der Waals surface area contributed by atoms with Crippen molar-refractivity contribution >= 4 is 0 Å². The lowest BCUT2D eigenvalue weighted by Crippen LogP contribution is -2.58. The third-order valence-electron chi connectivity index (χ3n) is 4.27. The molecule has 5 heteroatoms. The van der Waals surface area contributed by atoms with E-state index in [1.807, 2.05) is 7.05 Å². The second kappa shape index (κ2) is 6.71. The van der Waals surface area contributed by atoms with Crippen LogP contribution in [0.1, 0.15) is 26.7 Å². The molecule has 2 N–H and O–H groups in total. The summed E-state index contributed by atoms with van der Waals surface area (Å²) in [5.74, 6) is 0. The zero-order chi connectivity index (χ0) is 14.6. The summed E-state index contributed by atoms with van der Waals surface area (Å²) in [5.41, 5.74) is 0.00241. The van der Waals surface area contributed by atoms with E-state index in [1.165, 1.54) is 6.42 Å². The molecule has 0 bridgehead atoms. The van der Waals surface area contributed by atoms with Gasteiger partial charge in [0, 0.05) is 38.2 Å². The van der Waals surface area contributed by atoms with Gasteiger partial charge in [0.05, 0.1) is 24.9 Å². The fourth-order valence-corrected chi connectivity index (χ4v) is 3.71. The Bertz CT molecular complexity index is 298. The average Bonchev–Trinajstić information content (AvgIpc) is 2.38. The van der Waals surface area contributed by atoms with Crippen LogP contribution in [-0.2, 0) is 9.47 Å². The molecular formula is C15H30N2O3. The Morgan fingerprint density at radius 2 is 2.20 bits per heavy atom. The van der Waals surface area contributed by atoms with Gasteiger partial charge < -0.3 is 19.9 Å². The lowest BCUT2D eigenvalue weighted by Gasteiger charge is -2.47. The van der Waals surface area contributed by atoms with Gasteiger partial charge in [0.1, 0.15) is 0 Å². The molecular weight excluding hydrogens is 256 g/mol.